The molecule has 1 saturated heterocycles. The van der Waals surface area contributed by atoms with Gasteiger partial charge in [-0.05, 0) is 12.8 Å². The van der Waals surface area contributed by atoms with Gasteiger partial charge in [0.05, 0.1) is 19.1 Å². The van der Waals surface area contributed by atoms with Crippen LogP contribution in [0, 0.1) is 10.8 Å². The van der Waals surface area contributed by atoms with Gasteiger partial charge in [-0.15, -0.1) is 0 Å². The molecular formula is C9H15NO3. The number of carbonyl (C=O) groups excluding carboxylic acids is 1. The molecule has 2 atom stereocenters. The summed E-state index contributed by atoms with van der Waals surface area (Å²) in [5, 5.41) is 0. The fourth-order valence-corrected chi connectivity index (χ4v) is 2.51. The molecule has 0 aromatic carbocycles. The highest BCUT2D eigenvalue weighted by molar-refractivity contribution is 5.82. The highest BCUT2D eigenvalue weighted by Gasteiger charge is 2.72. The predicted molar refractivity (Wildman–Crippen MR) is 46.0 cm³/mol. The highest BCUT2D eigenvalue weighted by Crippen LogP contribution is 2.67. The van der Waals surface area contributed by atoms with E-state index in [-0.39, 0.29) is 11.4 Å². The third-order valence-corrected chi connectivity index (χ3v) is 3.56. The van der Waals surface area contributed by atoms with E-state index in [2.05, 4.69) is 0 Å². The minimum atomic E-state index is -0.432. The number of hydrogen-bond donors (Lipinski definition) is 1. The molecule has 1 heterocycles. The second-order valence-corrected chi connectivity index (χ2v) is 4.04. The zero-order valence-electron chi connectivity index (χ0n) is 7.84. The van der Waals surface area contributed by atoms with Crippen LogP contribution >= 0.6 is 0 Å². The Morgan fingerprint density at radius 2 is 2.46 bits per heavy atom. The normalized spacial score (nSPS) is 42.3. The predicted octanol–water partition coefficient (Wildman–Crippen LogP) is -0.0851. The Morgan fingerprint density at radius 3 is 2.92 bits per heavy atom. The zero-order chi connectivity index (χ0) is 9.53. The van der Waals surface area contributed by atoms with Crippen molar-refractivity contribution < 1.29 is 14.3 Å². The lowest BCUT2D eigenvalue weighted by atomic mass is 9.92. The van der Waals surface area contributed by atoms with Crippen molar-refractivity contribution in [3.05, 3.63) is 0 Å². The lowest BCUT2D eigenvalue weighted by Gasteiger charge is -2.16. The highest BCUT2D eigenvalue weighted by atomic mass is 16.5. The van der Waals surface area contributed by atoms with E-state index in [0.29, 0.717) is 13.2 Å². The first-order chi connectivity index (χ1) is 6.21. The molecule has 0 aromatic rings. The Kier molecular flexibility index (Phi) is 1.85. The van der Waals surface area contributed by atoms with Crippen LogP contribution in [0.2, 0.25) is 0 Å². The van der Waals surface area contributed by atoms with E-state index in [1.807, 2.05) is 0 Å². The molecule has 1 saturated carbocycles. The molecule has 2 rings (SSSR count). The Hall–Kier alpha value is -0.610. The van der Waals surface area contributed by atoms with Gasteiger partial charge in [-0.3, -0.25) is 4.79 Å². The molecule has 2 fully saturated rings. The summed E-state index contributed by atoms with van der Waals surface area (Å²) in [5.41, 5.74) is 5.22. The van der Waals surface area contributed by atoms with Crippen molar-refractivity contribution >= 4 is 5.97 Å². The third-order valence-electron chi connectivity index (χ3n) is 3.56. The number of rotatable bonds is 2. The van der Waals surface area contributed by atoms with E-state index < -0.39 is 5.41 Å². The summed E-state index contributed by atoms with van der Waals surface area (Å²) in [6, 6.07) is 0. The zero-order valence-corrected chi connectivity index (χ0v) is 7.84. The molecule has 4 heteroatoms. The molecule has 2 aliphatic rings. The van der Waals surface area contributed by atoms with Gasteiger partial charge >= 0.3 is 5.97 Å². The van der Waals surface area contributed by atoms with Crippen LogP contribution in [0.3, 0.4) is 0 Å². The van der Waals surface area contributed by atoms with E-state index in [0.717, 1.165) is 19.4 Å². The smallest absolute Gasteiger partial charge is 0.313 e. The summed E-state index contributed by atoms with van der Waals surface area (Å²) >= 11 is 0. The van der Waals surface area contributed by atoms with Gasteiger partial charge in [0.25, 0.3) is 0 Å². The molecule has 0 radical (unpaired) electrons. The van der Waals surface area contributed by atoms with E-state index in [1.165, 1.54) is 7.11 Å². The monoisotopic (exact) mass is 185 g/mol. The summed E-state index contributed by atoms with van der Waals surface area (Å²) in [4.78, 5) is 11.5. The fourth-order valence-electron chi connectivity index (χ4n) is 2.51. The van der Waals surface area contributed by atoms with Gasteiger partial charge < -0.3 is 15.2 Å². The van der Waals surface area contributed by atoms with Crippen LogP contribution < -0.4 is 5.73 Å². The minimum absolute atomic E-state index is 0.00877. The lowest BCUT2D eigenvalue weighted by molar-refractivity contribution is -0.148. The summed E-state index contributed by atoms with van der Waals surface area (Å²) in [7, 11) is 1.42. The summed E-state index contributed by atoms with van der Waals surface area (Å²) in [6.07, 6.45) is 1.78. The van der Waals surface area contributed by atoms with Crippen LogP contribution in [-0.4, -0.2) is 32.8 Å². The first kappa shape index (κ1) is 8.97. The van der Waals surface area contributed by atoms with Gasteiger partial charge in [0.1, 0.15) is 0 Å². The van der Waals surface area contributed by atoms with E-state index in [4.69, 9.17) is 15.2 Å². The maximum Gasteiger partial charge on any atom is 0.313 e. The quantitative estimate of drug-likeness (QED) is 0.611. The van der Waals surface area contributed by atoms with E-state index >= 15 is 0 Å². The molecule has 0 amide bonds. The van der Waals surface area contributed by atoms with Crippen LogP contribution in [0.25, 0.3) is 0 Å². The van der Waals surface area contributed by atoms with E-state index in [9.17, 15) is 4.79 Å². The number of carbonyl (C=O) groups is 1. The van der Waals surface area contributed by atoms with Gasteiger partial charge in [-0.2, -0.15) is 0 Å². The van der Waals surface area contributed by atoms with Gasteiger partial charge in [0.15, 0.2) is 0 Å². The number of methoxy groups -OCH3 is 1. The molecule has 1 aliphatic heterocycles. The van der Waals surface area contributed by atoms with Crippen molar-refractivity contribution in [3.8, 4) is 0 Å². The molecule has 13 heavy (non-hydrogen) atoms. The van der Waals surface area contributed by atoms with Crippen LogP contribution in [0.5, 0.6) is 0 Å². The lowest BCUT2D eigenvalue weighted by Crippen LogP contribution is -2.33. The Labute approximate surface area is 77.4 Å². The average Bonchev–Trinajstić information content (AvgIpc) is 2.52. The van der Waals surface area contributed by atoms with Gasteiger partial charge in [0.2, 0.25) is 0 Å². The van der Waals surface area contributed by atoms with Crippen molar-refractivity contribution in [1.29, 1.82) is 0 Å². The summed E-state index contributed by atoms with van der Waals surface area (Å²) in [6.45, 7) is 1.79. The maximum atomic E-state index is 11.5. The Morgan fingerprint density at radius 1 is 1.69 bits per heavy atom. The summed E-state index contributed by atoms with van der Waals surface area (Å²) in [5.74, 6) is -0.166. The first-order valence-electron chi connectivity index (χ1n) is 4.57. The van der Waals surface area contributed by atoms with E-state index in [1.54, 1.807) is 0 Å². The molecular weight excluding hydrogens is 170 g/mol. The molecule has 0 aromatic heterocycles. The van der Waals surface area contributed by atoms with Crippen LogP contribution in [0.1, 0.15) is 12.8 Å². The minimum Gasteiger partial charge on any atom is -0.469 e. The molecule has 74 valence electrons. The molecule has 4 nitrogen and oxygen atoms in total. The fraction of sp³-hybridized carbons (Fsp3) is 0.889. The van der Waals surface area contributed by atoms with Crippen LogP contribution in [0.4, 0.5) is 0 Å². The maximum absolute atomic E-state index is 11.5. The van der Waals surface area contributed by atoms with Crippen molar-refractivity contribution in [2.45, 2.75) is 12.8 Å². The van der Waals surface area contributed by atoms with Crippen LogP contribution in [0.15, 0.2) is 0 Å². The first-order valence-corrected chi connectivity index (χ1v) is 4.57. The standard InChI is InChI=1S/C9H15NO3/c1-12-7(11)9(5-10)4-8(9)2-3-13-6-8/h2-6,10H2,1H3/t8-,9-/m0/s1. The Bertz CT molecular complexity index is 235. The van der Waals surface area contributed by atoms with Crippen molar-refractivity contribution in [2.24, 2.45) is 16.6 Å². The second-order valence-electron chi connectivity index (χ2n) is 4.04. The molecule has 1 aliphatic carbocycles. The topological polar surface area (TPSA) is 61.5 Å². The third kappa shape index (κ3) is 0.957. The molecule has 2 N–H and O–H groups in total. The average molecular weight is 185 g/mol. The second kappa shape index (κ2) is 2.69. The SMILES string of the molecule is COC(=O)[C@@]1(CN)C[C@]12CCOC2. The molecule has 0 bridgehead atoms. The van der Waals surface area contributed by atoms with Gasteiger partial charge in [-0.25, -0.2) is 0 Å². The van der Waals surface area contributed by atoms with Crippen molar-refractivity contribution in [2.75, 3.05) is 26.9 Å². The largest absolute Gasteiger partial charge is 0.469 e. The number of nitrogens with two attached hydrogens (primary N) is 1. The molecule has 0 unspecified atom stereocenters. The molecule has 1 spiro atoms. The van der Waals surface area contributed by atoms with Crippen LogP contribution in [-0.2, 0) is 14.3 Å². The van der Waals surface area contributed by atoms with Crippen molar-refractivity contribution in [3.63, 3.8) is 0 Å². The number of esters is 1. The Balaban J connectivity index is 2.17. The van der Waals surface area contributed by atoms with Gasteiger partial charge in [-0.1, -0.05) is 0 Å². The van der Waals surface area contributed by atoms with Crippen molar-refractivity contribution in [1.82, 2.24) is 0 Å². The van der Waals surface area contributed by atoms with Gasteiger partial charge in [0, 0.05) is 18.6 Å². The summed E-state index contributed by atoms with van der Waals surface area (Å²) < 4.78 is 10.1. The number of ether oxygens (including phenoxy) is 2. The number of hydrogen-bond acceptors (Lipinski definition) is 4.